The Labute approximate surface area is 198 Å². The van der Waals surface area contributed by atoms with Crippen LogP contribution in [0.5, 0.6) is 0 Å². The molecule has 2 aromatic carbocycles. The number of esters is 1. The maximum atomic E-state index is 12.4. The Morgan fingerprint density at radius 1 is 1.00 bits per heavy atom. The zero-order valence-electron chi connectivity index (χ0n) is 20.3. The van der Waals surface area contributed by atoms with E-state index in [4.69, 9.17) is 4.74 Å². The Morgan fingerprint density at radius 2 is 1.73 bits per heavy atom. The van der Waals surface area contributed by atoms with Gasteiger partial charge in [0.25, 0.3) is 0 Å². The van der Waals surface area contributed by atoms with Gasteiger partial charge in [0, 0.05) is 33.0 Å². The van der Waals surface area contributed by atoms with Gasteiger partial charge in [-0.2, -0.15) is 0 Å². The third-order valence-corrected chi connectivity index (χ3v) is 6.67. The van der Waals surface area contributed by atoms with Crippen LogP contribution in [0.3, 0.4) is 0 Å². The molecule has 0 aliphatic heterocycles. The third kappa shape index (κ3) is 7.43. The second-order valence-electron chi connectivity index (χ2n) is 9.15. The summed E-state index contributed by atoms with van der Waals surface area (Å²) in [6.07, 6.45) is 6.04. The van der Waals surface area contributed by atoms with E-state index in [2.05, 4.69) is 40.5 Å². The molecule has 0 saturated heterocycles. The maximum Gasteiger partial charge on any atom is 0.302 e. The van der Waals surface area contributed by atoms with Crippen LogP contribution >= 0.6 is 0 Å². The first-order chi connectivity index (χ1) is 16.0. The Bertz CT molecular complexity index is 905. The minimum Gasteiger partial charge on any atom is -0.466 e. The first kappa shape index (κ1) is 25.0. The largest absolute Gasteiger partial charge is 0.466 e. The second-order valence-corrected chi connectivity index (χ2v) is 9.15. The standard InChI is InChI=1S/C28H38N2O3/c1-21(31)30(20-24-8-5-4-6-9-24)27-14-12-25(13-15-27)28-16-11-23(18-26(28)19-29-3)10-7-17-33-22(2)32/h4-6,8-9,11,16,18,25,27,29H,7,10,12-15,17,19-20H2,1-3H3/t25-,27-. The van der Waals surface area contributed by atoms with Crippen molar-refractivity contribution >= 4 is 11.9 Å². The lowest BCUT2D eigenvalue weighted by molar-refractivity contribution is -0.141. The lowest BCUT2D eigenvalue weighted by Gasteiger charge is -2.37. The Morgan fingerprint density at radius 3 is 2.36 bits per heavy atom. The van der Waals surface area contributed by atoms with Crippen molar-refractivity contribution in [3.05, 3.63) is 70.8 Å². The summed E-state index contributed by atoms with van der Waals surface area (Å²) in [6, 6.07) is 17.4. The molecule has 1 N–H and O–H groups in total. The summed E-state index contributed by atoms with van der Waals surface area (Å²) in [4.78, 5) is 25.4. The van der Waals surface area contributed by atoms with Crippen molar-refractivity contribution in [1.29, 1.82) is 0 Å². The van der Waals surface area contributed by atoms with E-state index in [0.717, 1.165) is 45.1 Å². The van der Waals surface area contributed by atoms with Crippen LogP contribution in [0.15, 0.2) is 48.5 Å². The van der Waals surface area contributed by atoms with E-state index in [1.807, 2.05) is 25.2 Å². The zero-order valence-corrected chi connectivity index (χ0v) is 20.3. The van der Waals surface area contributed by atoms with Crippen LogP contribution in [0.1, 0.15) is 74.1 Å². The van der Waals surface area contributed by atoms with Gasteiger partial charge in [-0.25, -0.2) is 0 Å². The fraction of sp³-hybridized carbons (Fsp3) is 0.500. The predicted octanol–water partition coefficient (Wildman–Crippen LogP) is 4.98. The summed E-state index contributed by atoms with van der Waals surface area (Å²) in [5, 5.41) is 3.32. The summed E-state index contributed by atoms with van der Waals surface area (Å²) in [7, 11) is 1.99. The van der Waals surface area contributed by atoms with Crippen molar-refractivity contribution in [3.63, 3.8) is 0 Å². The molecule has 5 heteroatoms. The molecule has 0 heterocycles. The number of hydrogen-bond donors (Lipinski definition) is 1. The van der Waals surface area contributed by atoms with E-state index in [0.29, 0.717) is 25.1 Å². The van der Waals surface area contributed by atoms with Gasteiger partial charge in [0.2, 0.25) is 5.91 Å². The van der Waals surface area contributed by atoms with E-state index < -0.39 is 0 Å². The second kappa shape index (κ2) is 12.5. The van der Waals surface area contributed by atoms with Gasteiger partial charge >= 0.3 is 5.97 Å². The number of aryl methyl sites for hydroxylation is 1. The summed E-state index contributed by atoms with van der Waals surface area (Å²) in [6.45, 7) is 5.16. The van der Waals surface area contributed by atoms with Gasteiger partial charge in [0.1, 0.15) is 0 Å². The lowest BCUT2D eigenvalue weighted by atomic mass is 9.79. The minimum absolute atomic E-state index is 0.163. The average molecular weight is 451 g/mol. The number of carbonyl (C=O) groups excluding carboxylic acids is 2. The van der Waals surface area contributed by atoms with Crippen molar-refractivity contribution in [1.82, 2.24) is 10.2 Å². The fourth-order valence-electron chi connectivity index (χ4n) is 5.02. The number of benzene rings is 2. The molecule has 0 aromatic heterocycles. The number of amides is 1. The number of ether oxygens (including phenoxy) is 1. The normalized spacial score (nSPS) is 18.0. The van der Waals surface area contributed by atoms with Crippen molar-refractivity contribution in [2.24, 2.45) is 0 Å². The lowest BCUT2D eigenvalue weighted by Crippen LogP contribution is -2.40. The summed E-state index contributed by atoms with van der Waals surface area (Å²) < 4.78 is 5.06. The molecule has 2 aromatic rings. The maximum absolute atomic E-state index is 12.4. The molecule has 1 aliphatic carbocycles. The van der Waals surface area contributed by atoms with Gasteiger partial charge in [-0.1, -0.05) is 48.5 Å². The van der Waals surface area contributed by atoms with Crippen LogP contribution in [-0.4, -0.2) is 36.5 Å². The van der Waals surface area contributed by atoms with Crippen LogP contribution in [0.4, 0.5) is 0 Å². The van der Waals surface area contributed by atoms with Gasteiger partial charge < -0.3 is 15.0 Å². The van der Waals surface area contributed by atoms with Gasteiger partial charge in [-0.3, -0.25) is 9.59 Å². The quantitative estimate of drug-likeness (QED) is 0.410. The van der Waals surface area contributed by atoms with E-state index in [1.54, 1.807) is 6.92 Å². The SMILES string of the molecule is CNCc1cc(CCCOC(C)=O)ccc1[C@H]1CC[C@H](N(Cc2ccccc2)C(C)=O)CC1. The highest BCUT2D eigenvalue weighted by Gasteiger charge is 2.29. The van der Waals surface area contributed by atoms with Crippen molar-refractivity contribution in [2.75, 3.05) is 13.7 Å². The Kier molecular flexibility index (Phi) is 9.49. The molecule has 5 nitrogen and oxygen atoms in total. The summed E-state index contributed by atoms with van der Waals surface area (Å²) >= 11 is 0. The number of nitrogens with zero attached hydrogens (tertiary/aromatic N) is 1. The van der Waals surface area contributed by atoms with Crippen molar-refractivity contribution < 1.29 is 14.3 Å². The third-order valence-electron chi connectivity index (χ3n) is 6.67. The molecule has 0 bridgehead atoms. The Hall–Kier alpha value is -2.66. The number of rotatable bonds is 10. The molecular weight excluding hydrogens is 412 g/mol. The van der Waals surface area contributed by atoms with E-state index >= 15 is 0 Å². The Balaban J connectivity index is 1.62. The van der Waals surface area contributed by atoms with E-state index in [1.165, 1.54) is 29.2 Å². The predicted molar refractivity (Wildman–Crippen MR) is 132 cm³/mol. The van der Waals surface area contributed by atoms with E-state index in [9.17, 15) is 9.59 Å². The highest BCUT2D eigenvalue weighted by Crippen LogP contribution is 2.37. The molecule has 1 saturated carbocycles. The molecule has 3 rings (SSSR count). The first-order valence-electron chi connectivity index (χ1n) is 12.2. The van der Waals surface area contributed by atoms with Crippen LogP contribution in [0, 0.1) is 0 Å². The zero-order chi connectivity index (χ0) is 23.6. The highest BCUT2D eigenvalue weighted by molar-refractivity contribution is 5.73. The molecule has 0 atom stereocenters. The van der Waals surface area contributed by atoms with Gasteiger partial charge in [-0.05, 0) is 73.7 Å². The van der Waals surface area contributed by atoms with Gasteiger partial charge in [-0.15, -0.1) is 0 Å². The molecule has 0 spiro atoms. The number of hydrogen-bond acceptors (Lipinski definition) is 4. The minimum atomic E-state index is -0.219. The molecule has 1 fully saturated rings. The highest BCUT2D eigenvalue weighted by atomic mass is 16.5. The van der Waals surface area contributed by atoms with Crippen LogP contribution in [0.25, 0.3) is 0 Å². The first-order valence-corrected chi connectivity index (χ1v) is 12.2. The summed E-state index contributed by atoms with van der Waals surface area (Å²) in [5.41, 5.74) is 5.27. The molecule has 0 unspecified atom stereocenters. The molecule has 178 valence electrons. The summed E-state index contributed by atoms with van der Waals surface area (Å²) in [5.74, 6) is 0.477. The van der Waals surface area contributed by atoms with Crippen LogP contribution in [-0.2, 0) is 33.8 Å². The molecule has 33 heavy (non-hydrogen) atoms. The number of carbonyl (C=O) groups is 2. The van der Waals surface area contributed by atoms with Crippen LogP contribution in [0.2, 0.25) is 0 Å². The average Bonchev–Trinajstić information content (AvgIpc) is 2.81. The molecular formula is C28H38N2O3. The fourth-order valence-corrected chi connectivity index (χ4v) is 5.02. The monoisotopic (exact) mass is 450 g/mol. The van der Waals surface area contributed by atoms with Crippen LogP contribution < -0.4 is 5.32 Å². The van der Waals surface area contributed by atoms with Crippen molar-refractivity contribution in [3.8, 4) is 0 Å². The van der Waals surface area contributed by atoms with E-state index in [-0.39, 0.29) is 11.9 Å². The number of nitrogens with one attached hydrogen (secondary N) is 1. The smallest absolute Gasteiger partial charge is 0.302 e. The topological polar surface area (TPSA) is 58.6 Å². The molecule has 0 radical (unpaired) electrons. The molecule has 1 amide bonds. The van der Waals surface area contributed by atoms with Crippen molar-refractivity contribution in [2.45, 2.75) is 77.4 Å². The molecule has 1 aliphatic rings. The van der Waals surface area contributed by atoms with Gasteiger partial charge in [0.15, 0.2) is 0 Å². The van der Waals surface area contributed by atoms with Gasteiger partial charge in [0.05, 0.1) is 6.61 Å².